The zero-order valence-corrected chi connectivity index (χ0v) is 12.9. The molecular formula is C16H21IO. The topological polar surface area (TPSA) is 9.23 Å². The molecule has 0 radical (unpaired) electrons. The number of aryl methyl sites for hydroxylation is 1. The third-order valence-electron chi connectivity index (χ3n) is 4.28. The molecule has 3 atom stereocenters. The predicted molar refractivity (Wildman–Crippen MR) is 83.3 cm³/mol. The fourth-order valence-electron chi connectivity index (χ4n) is 3.27. The van der Waals surface area contributed by atoms with Crippen LogP contribution in [0.5, 0.6) is 0 Å². The molecule has 3 rings (SSSR count). The van der Waals surface area contributed by atoms with Crippen LogP contribution in [-0.2, 0) is 11.2 Å². The summed E-state index contributed by atoms with van der Waals surface area (Å²) in [6.45, 7) is 0. The maximum absolute atomic E-state index is 6.46. The maximum atomic E-state index is 6.46. The van der Waals surface area contributed by atoms with Crippen LogP contribution in [0.4, 0.5) is 0 Å². The highest BCUT2D eigenvalue weighted by molar-refractivity contribution is 14.1. The van der Waals surface area contributed by atoms with E-state index in [1.165, 1.54) is 56.1 Å². The number of fused-ring (bicyclic) bond motifs is 1. The van der Waals surface area contributed by atoms with Crippen molar-refractivity contribution in [3.8, 4) is 0 Å². The van der Waals surface area contributed by atoms with Gasteiger partial charge in [-0.2, -0.15) is 0 Å². The van der Waals surface area contributed by atoms with Crippen molar-refractivity contribution < 1.29 is 4.74 Å². The normalized spacial score (nSPS) is 31.9. The molecule has 98 valence electrons. The van der Waals surface area contributed by atoms with Gasteiger partial charge in [-0.3, -0.25) is 0 Å². The number of ether oxygens (including phenoxy) is 1. The second-order valence-electron chi connectivity index (χ2n) is 5.55. The SMILES string of the molecule is IC1CCCCC1OC1CCCc2ccccc21. The Morgan fingerprint density at radius 3 is 2.72 bits per heavy atom. The lowest BCUT2D eigenvalue weighted by molar-refractivity contribution is -0.0329. The second kappa shape index (κ2) is 5.91. The van der Waals surface area contributed by atoms with Gasteiger partial charge in [0.1, 0.15) is 0 Å². The first-order chi connectivity index (χ1) is 8.84. The van der Waals surface area contributed by atoms with E-state index in [-0.39, 0.29) is 0 Å². The van der Waals surface area contributed by atoms with E-state index in [0.717, 1.165) is 0 Å². The molecule has 2 aliphatic rings. The summed E-state index contributed by atoms with van der Waals surface area (Å²) < 4.78 is 7.18. The molecule has 2 aliphatic carbocycles. The van der Waals surface area contributed by atoms with Crippen molar-refractivity contribution >= 4 is 22.6 Å². The maximum Gasteiger partial charge on any atom is 0.0832 e. The molecule has 0 amide bonds. The molecule has 1 aromatic carbocycles. The van der Waals surface area contributed by atoms with Crippen LogP contribution in [0.15, 0.2) is 24.3 Å². The fraction of sp³-hybridized carbons (Fsp3) is 0.625. The van der Waals surface area contributed by atoms with E-state index in [2.05, 4.69) is 46.9 Å². The Labute approximate surface area is 123 Å². The summed E-state index contributed by atoms with van der Waals surface area (Å²) in [6, 6.07) is 8.85. The van der Waals surface area contributed by atoms with Gasteiger partial charge in [0, 0.05) is 3.92 Å². The third-order valence-corrected chi connectivity index (χ3v) is 5.70. The Balaban J connectivity index is 1.73. The largest absolute Gasteiger partial charge is 0.369 e. The van der Waals surface area contributed by atoms with Gasteiger partial charge >= 0.3 is 0 Å². The van der Waals surface area contributed by atoms with Crippen LogP contribution < -0.4 is 0 Å². The molecule has 0 spiro atoms. The molecule has 1 fully saturated rings. The van der Waals surface area contributed by atoms with Crippen molar-refractivity contribution in [2.75, 3.05) is 0 Å². The molecule has 1 aromatic rings. The zero-order chi connectivity index (χ0) is 12.4. The van der Waals surface area contributed by atoms with Gasteiger partial charge in [-0.1, -0.05) is 59.7 Å². The van der Waals surface area contributed by atoms with E-state index >= 15 is 0 Å². The van der Waals surface area contributed by atoms with Crippen LogP contribution in [0.25, 0.3) is 0 Å². The van der Waals surface area contributed by atoms with Crippen molar-refractivity contribution in [3.63, 3.8) is 0 Å². The number of benzene rings is 1. The minimum absolute atomic E-state index is 0.357. The molecule has 2 heteroatoms. The molecule has 0 N–H and O–H groups in total. The van der Waals surface area contributed by atoms with Crippen molar-refractivity contribution in [2.24, 2.45) is 0 Å². The summed E-state index contributed by atoms with van der Waals surface area (Å²) in [4.78, 5) is 0. The van der Waals surface area contributed by atoms with Gasteiger partial charge in [-0.05, 0) is 43.2 Å². The zero-order valence-electron chi connectivity index (χ0n) is 10.8. The Morgan fingerprint density at radius 1 is 1.00 bits per heavy atom. The van der Waals surface area contributed by atoms with Crippen LogP contribution in [0.3, 0.4) is 0 Å². The number of hydrogen-bond donors (Lipinski definition) is 0. The molecule has 1 saturated carbocycles. The molecular weight excluding hydrogens is 335 g/mol. The average Bonchev–Trinajstić information content (AvgIpc) is 2.42. The Morgan fingerprint density at radius 2 is 1.83 bits per heavy atom. The highest BCUT2D eigenvalue weighted by Gasteiger charge is 2.28. The van der Waals surface area contributed by atoms with Crippen LogP contribution >= 0.6 is 22.6 Å². The van der Waals surface area contributed by atoms with E-state index in [4.69, 9.17) is 4.74 Å². The number of alkyl halides is 1. The lowest BCUT2D eigenvalue weighted by Crippen LogP contribution is -2.30. The third kappa shape index (κ3) is 2.74. The molecule has 0 heterocycles. The summed E-state index contributed by atoms with van der Waals surface area (Å²) in [7, 11) is 0. The molecule has 3 unspecified atom stereocenters. The Bertz CT molecular complexity index is 404. The summed E-state index contributed by atoms with van der Waals surface area (Å²) in [5.41, 5.74) is 2.97. The fourth-order valence-corrected chi connectivity index (χ4v) is 4.24. The van der Waals surface area contributed by atoms with Gasteiger partial charge in [-0.15, -0.1) is 0 Å². The van der Waals surface area contributed by atoms with E-state index in [1.807, 2.05) is 0 Å². The first kappa shape index (κ1) is 12.9. The van der Waals surface area contributed by atoms with Gasteiger partial charge in [0.25, 0.3) is 0 Å². The van der Waals surface area contributed by atoms with E-state index < -0.39 is 0 Å². The Kier molecular flexibility index (Phi) is 4.24. The quantitative estimate of drug-likeness (QED) is 0.545. The Hall–Kier alpha value is -0.0900. The summed E-state index contributed by atoms with van der Waals surface area (Å²) in [5.74, 6) is 0. The molecule has 0 bridgehead atoms. The second-order valence-corrected chi connectivity index (χ2v) is 7.15. The van der Waals surface area contributed by atoms with E-state index in [1.54, 1.807) is 0 Å². The van der Waals surface area contributed by atoms with Gasteiger partial charge in [0.05, 0.1) is 12.2 Å². The van der Waals surface area contributed by atoms with Gasteiger partial charge in [0.15, 0.2) is 0 Å². The molecule has 0 aromatic heterocycles. The lowest BCUT2D eigenvalue weighted by atomic mass is 9.89. The number of rotatable bonds is 2. The van der Waals surface area contributed by atoms with E-state index in [9.17, 15) is 0 Å². The minimum atomic E-state index is 0.357. The smallest absolute Gasteiger partial charge is 0.0832 e. The standard InChI is InChI=1S/C16H21IO/c17-14-9-3-4-10-16(14)18-15-11-5-7-12-6-1-2-8-13(12)15/h1-2,6,8,14-16H,3-5,7,9-11H2. The molecule has 0 saturated heterocycles. The monoisotopic (exact) mass is 356 g/mol. The molecule has 0 aliphatic heterocycles. The lowest BCUT2D eigenvalue weighted by Gasteiger charge is -2.34. The minimum Gasteiger partial charge on any atom is -0.369 e. The van der Waals surface area contributed by atoms with Crippen LogP contribution in [0.2, 0.25) is 0 Å². The van der Waals surface area contributed by atoms with Crippen LogP contribution in [-0.4, -0.2) is 10.0 Å². The van der Waals surface area contributed by atoms with Crippen molar-refractivity contribution in [3.05, 3.63) is 35.4 Å². The number of hydrogen-bond acceptors (Lipinski definition) is 1. The predicted octanol–water partition coefficient (Wildman–Crippen LogP) is 4.83. The van der Waals surface area contributed by atoms with Crippen molar-refractivity contribution in [1.29, 1.82) is 0 Å². The van der Waals surface area contributed by atoms with Crippen LogP contribution in [0.1, 0.15) is 55.8 Å². The summed E-state index contributed by atoms with van der Waals surface area (Å²) in [5, 5.41) is 0. The van der Waals surface area contributed by atoms with Gasteiger partial charge in [0.2, 0.25) is 0 Å². The molecule has 18 heavy (non-hydrogen) atoms. The first-order valence-corrected chi connectivity index (χ1v) is 8.46. The highest BCUT2D eigenvalue weighted by Crippen LogP contribution is 2.37. The highest BCUT2D eigenvalue weighted by atomic mass is 127. The van der Waals surface area contributed by atoms with Gasteiger partial charge < -0.3 is 4.74 Å². The number of halogens is 1. The van der Waals surface area contributed by atoms with Crippen LogP contribution in [0, 0.1) is 0 Å². The average molecular weight is 356 g/mol. The van der Waals surface area contributed by atoms with Crippen molar-refractivity contribution in [1.82, 2.24) is 0 Å². The van der Waals surface area contributed by atoms with E-state index in [0.29, 0.717) is 16.1 Å². The first-order valence-electron chi connectivity index (χ1n) is 7.22. The summed E-state index contributed by atoms with van der Waals surface area (Å²) >= 11 is 2.59. The van der Waals surface area contributed by atoms with Gasteiger partial charge in [-0.25, -0.2) is 0 Å². The molecule has 1 nitrogen and oxygen atoms in total. The van der Waals surface area contributed by atoms with Crippen molar-refractivity contribution in [2.45, 2.75) is 61.1 Å². The summed E-state index contributed by atoms with van der Waals surface area (Å²) in [6.07, 6.45) is 9.87.